The van der Waals surface area contributed by atoms with E-state index in [1.807, 2.05) is 49.9 Å². The fourth-order valence-electron chi connectivity index (χ4n) is 4.53. The average Bonchev–Trinajstić information content (AvgIpc) is 3.25. The van der Waals surface area contributed by atoms with Gasteiger partial charge < -0.3 is 25.0 Å². The Morgan fingerprint density at radius 3 is 2.62 bits per heavy atom. The molecule has 0 aliphatic carbocycles. The molecule has 32 heavy (non-hydrogen) atoms. The third kappa shape index (κ3) is 3.76. The van der Waals surface area contributed by atoms with Crippen molar-refractivity contribution in [3.8, 4) is 5.69 Å². The van der Waals surface area contributed by atoms with E-state index in [0.29, 0.717) is 11.7 Å². The molecule has 1 fully saturated rings. The van der Waals surface area contributed by atoms with Crippen LogP contribution in [0.25, 0.3) is 5.69 Å². The highest BCUT2D eigenvalue weighted by Crippen LogP contribution is 2.41. The van der Waals surface area contributed by atoms with Crippen LogP contribution in [0.3, 0.4) is 0 Å². The third-order valence-corrected chi connectivity index (χ3v) is 6.38. The maximum Gasteiger partial charge on any atom is 0.335 e. The van der Waals surface area contributed by atoms with E-state index in [-0.39, 0.29) is 24.3 Å². The summed E-state index contributed by atoms with van der Waals surface area (Å²) in [5.74, 6) is -0.955. The molecule has 8 heteroatoms. The second kappa shape index (κ2) is 8.72. The van der Waals surface area contributed by atoms with Gasteiger partial charge in [-0.1, -0.05) is 12.1 Å². The fourth-order valence-corrected chi connectivity index (χ4v) is 4.87. The van der Waals surface area contributed by atoms with Crippen molar-refractivity contribution in [3.63, 3.8) is 0 Å². The maximum absolute atomic E-state index is 11.6. The van der Waals surface area contributed by atoms with Gasteiger partial charge in [0.1, 0.15) is 0 Å². The summed E-state index contributed by atoms with van der Waals surface area (Å²) < 4.78 is 2.09. The van der Waals surface area contributed by atoms with Gasteiger partial charge in [0.25, 0.3) is 0 Å². The molecule has 0 spiro atoms. The van der Waals surface area contributed by atoms with E-state index < -0.39 is 5.97 Å². The maximum atomic E-state index is 11.6. The highest BCUT2D eigenvalue weighted by molar-refractivity contribution is 7.80. The number of aryl methyl sites for hydroxylation is 2. The van der Waals surface area contributed by atoms with Crippen molar-refractivity contribution in [2.45, 2.75) is 32.9 Å². The molecule has 1 saturated heterocycles. The van der Waals surface area contributed by atoms with Crippen LogP contribution in [0.2, 0.25) is 0 Å². The number of carboxylic acids is 1. The number of thiocarbonyl (C=S) groups is 1. The number of nitrogens with one attached hydrogen (secondary N) is 1. The summed E-state index contributed by atoms with van der Waals surface area (Å²) in [5.41, 5.74) is 5.97. The van der Waals surface area contributed by atoms with Gasteiger partial charge in [-0.25, -0.2) is 4.79 Å². The first kappa shape index (κ1) is 22.0. The zero-order valence-electron chi connectivity index (χ0n) is 18.2. The number of nitrogens with zero attached hydrogens (tertiary/aromatic N) is 3. The van der Waals surface area contributed by atoms with Crippen molar-refractivity contribution in [2.24, 2.45) is 0 Å². The summed E-state index contributed by atoms with van der Waals surface area (Å²) in [6.07, 6.45) is 1.76. The van der Waals surface area contributed by atoms with E-state index in [9.17, 15) is 15.0 Å². The summed E-state index contributed by atoms with van der Waals surface area (Å²) in [6.45, 7) is 6.39. The van der Waals surface area contributed by atoms with Crippen LogP contribution >= 0.6 is 12.2 Å². The monoisotopic (exact) mass is 450 g/mol. The minimum absolute atomic E-state index is 0.0221. The molecular formula is C24H26N4O3S. The van der Waals surface area contributed by atoms with Crippen molar-refractivity contribution in [1.29, 1.82) is 0 Å². The fraction of sp³-hybridized carbons (Fsp3) is 0.292. The van der Waals surface area contributed by atoms with Crippen LogP contribution in [0, 0.1) is 20.8 Å². The molecule has 3 N–H and O–H groups in total. The lowest BCUT2D eigenvalue weighted by Crippen LogP contribution is -2.32. The lowest BCUT2D eigenvalue weighted by atomic mass is 9.97. The minimum Gasteiger partial charge on any atom is -0.478 e. The smallest absolute Gasteiger partial charge is 0.335 e. The Balaban J connectivity index is 1.86. The van der Waals surface area contributed by atoms with Gasteiger partial charge in [0.15, 0.2) is 5.11 Å². The van der Waals surface area contributed by atoms with Crippen molar-refractivity contribution in [1.82, 2.24) is 19.8 Å². The van der Waals surface area contributed by atoms with E-state index in [2.05, 4.69) is 20.9 Å². The summed E-state index contributed by atoms with van der Waals surface area (Å²) in [6, 6.07) is 12.7. The number of rotatable bonds is 6. The Morgan fingerprint density at radius 1 is 1.19 bits per heavy atom. The second-order valence-corrected chi connectivity index (χ2v) is 8.40. The second-order valence-electron chi connectivity index (χ2n) is 8.01. The van der Waals surface area contributed by atoms with Crippen molar-refractivity contribution < 1.29 is 15.0 Å². The molecule has 166 valence electrons. The first-order valence-electron chi connectivity index (χ1n) is 10.5. The summed E-state index contributed by atoms with van der Waals surface area (Å²) in [5, 5.41) is 23.1. The predicted octanol–water partition coefficient (Wildman–Crippen LogP) is 3.46. The Labute approximate surface area is 192 Å². The largest absolute Gasteiger partial charge is 0.478 e. The topological polar surface area (TPSA) is 90.6 Å². The van der Waals surface area contributed by atoms with E-state index in [0.717, 1.165) is 33.9 Å². The average molecular weight is 451 g/mol. The zero-order valence-corrected chi connectivity index (χ0v) is 19.1. The van der Waals surface area contributed by atoms with E-state index in [4.69, 9.17) is 12.2 Å². The Kier molecular flexibility index (Phi) is 5.99. The normalized spacial score (nSPS) is 18.1. The van der Waals surface area contributed by atoms with Crippen LogP contribution in [-0.2, 0) is 0 Å². The minimum atomic E-state index is -0.955. The van der Waals surface area contributed by atoms with Gasteiger partial charge in [-0.2, -0.15) is 0 Å². The van der Waals surface area contributed by atoms with Gasteiger partial charge in [0.05, 0.1) is 29.9 Å². The molecule has 2 unspecified atom stereocenters. The van der Waals surface area contributed by atoms with Crippen LogP contribution in [-0.4, -0.2) is 48.9 Å². The molecule has 2 atom stereocenters. The highest BCUT2D eigenvalue weighted by atomic mass is 32.1. The van der Waals surface area contributed by atoms with Gasteiger partial charge >= 0.3 is 5.97 Å². The lowest BCUT2D eigenvalue weighted by Gasteiger charge is -2.27. The summed E-state index contributed by atoms with van der Waals surface area (Å²) >= 11 is 5.61. The predicted molar refractivity (Wildman–Crippen MR) is 126 cm³/mol. The van der Waals surface area contributed by atoms with Crippen LogP contribution in [0.4, 0.5) is 0 Å². The molecule has 3 aromatic rings. The first-order valence-corrected chi connectivity index (χ1v) is 10.9. The van der Waals surface area contributed by atoms with Gasteiger partial charge in [0, 0.05) is 29.8 Å². The Bertz CT molecular complexity index is 1180. The lowest BCUT2D eigenvalue weighted by molar-refractivity contribution is 0.0697. The number of carbonyl (C=O) groups is 1. The third-order valence-electron chi connectivity index (χ3n) is 6.02. The summed E-state index contributed by atoms with van der Waals surface area (Å²) in [7, 11) is 0. The Hall–Kier alpha value is -3.23. The van der Waals surface area contributed by atoms with Gasteiger partial charge in [-0.15, -0.1) is 0 Å². The number of aliphatic hydroxyl groups is 1. The number of carboxylic acid groups (broad SMARTS) is 1. The number of aliphatic hydroxyl groups excluding tert-OH is 1. The molecule has 3 heterocycles. The molecule has 0 radical (unpaired) electrons. The Morgan fingerprint density at radius 2 is 1.97 bits per heavy atom. The number of hydrogen-bond acceptors (Lipinski definition) is 4. The molecule has 0 saturated carbocycles. The van der Waals surface area contributed by atoms with Gasteiger partial charge in [-0.05, 0) is 74.4 Å². The van der Waals surface area contributed by atoms with Crippen molar-refractivity contribution >= 4 is 23.3 Å². The molecule has 1 aliphatic heterocycles. The van der Waals surface area contributed by atoms with Crippen molar-refractivity contribution in [2.75, 3.05) is 13.2 Å². The molecular weight excluding hydrogens is 424 g/mol. The first-order chi connectivity index (χ1) is 15.3. The van der Waals surface area contributed by atoms with Crippen LogP contribution < -0.4 is 5.32 Å². The zero-order chi connectivity index (χ0) is 23.0. The number of β-amino-alcohol motifs (C(OH)–C–C–N with tert-alkyl or cyclic N) is 1. The number of aromatic carboxylic acids is 1. The van der Waals surface area contributed by atoms with E-state index >= 15 is 0 Å². The standard InChI is InChI=1S/C24H26N4O3S/c1-14-7-8-17(23(30)31)13-20(14)28-15(2)12-18(16(28)3)22-21(19-6-4-5-9-25-19)26-24(32)27(22)10-11-29/h4-9,12-13,21-22,29H,10-11H2,1-3H3,(H,26,32)(H,30,31). The molecule has 0 amide bonds. The number of hydrogen-bond donors (Lipinski definition) is 3. The van der Waals surface area contributed by atoms with Crippen molar-refractivity contribution in [3.05, 3.63) is 82.4 Å². The molecule has 4 rings (SSSR count). The number of aromatic nitrogens is 2. The summed E-state index contributed by atoms with van der Waals surface area (Å²) in [4.78, 5) is 18.1. The van der Waals surface area contributed by atoms with Gasteiger partial charge in [0.2, 0.25) is 0 Å². The van der Waals surface area contributed by atoms with Crippen LogP contribution in [0.5, 0.6) is 0 Å². The van der Waals surface area contributed by atoms with Crippen LogP contribution in [0.1, 0.15) is 50.7 Å². The van der Waals surface area contributed by atoms with E-state index in [1.165, 1.54) is 0 Å². The number of pyridine rings is 1. The van der Waals surface area contributed by atoms with Crippen LogP contribution in [0.15, 0.2) is 48.7 Å². The molecule has 1 aliphatic rings. The molecule has 2 aromatic heterocycles. The molecule has 0 bridgehead atoms. The highest BCUT2D eigenvalue weighted by Gasteiger charge is 2.41. The molecule has 1 aromatic carbocycles. The SMILES string of the molecule is Cc1ccc(C(=O)O)cc1-n1c(C)cc(C2C(c3ccccn3)NC(=S)N2CCO)c1C. The van der Waals surface area contributed by atoms with E-state index in [1.54, 1.807) is 18.3 Å². The molecule has 7 nitrogen and oxygen atoms in total. The number of benzene rings is 1. The van der Waals surface area contributed by atoms with Gasteiger partial charge in [-0.3, -0.25) is 4.98 Å². The quantitative estimate of drug-likeness (QED) is 0.496.